The molecular weight excluding hydrogens is 240 g/mol. The minimum atomic E-state index is -0.388. The van der Waals surface area contributed by atoms with Crippen LogP contribution in [0.1, 0.15) is 52.8 Å². The van der Waals surface area contributed by atoms with Crippen molar-refractivity contribution in [1.82, 2.24) is 9.78 Å². The maximum Gasteiger partial charge on any atom is 0.168 e. The fourth-order valence-electron chi connectivity index (χ4n) is 2.14. The summed E-state index contributed by atoms with van der Waals surface area (Å²) in [5, 5.41) is 4.46. The molecule has 1 aromatic rings. The second-order valence-corrected chi connectivity index (χ2v) is 6.17. The fraction of sp³-hybridized carbons (Fsp3) is 0.733. The van der Waals surface area contributed by atoms with Crippen LogP contribution in [0.3, 0.4) is 0 Å². The minimum absolute atomic E-state index is 0.0874. The van der Waals surface area contributed by atoms with Gasteiger partial charge in [-0.05, 0) is 24.8 Å². The highest BCUT2D eigenvalue weighted by Crippen LogP contribution is 2.23. The summed E-state index contributed by atoms with van der Waals surface area (Å²) < 4.78 is 7.26. The molecule has 2 atom stereocenters. The number of hydrogen-bond donors (Lipinski definition) is 0. The Balaban J connectivity index is 2.74. The number of carbonyl (C=O) groups is 1. The van der Waals surface area contributed by atoms with Gasteiger partial charge in [0.25, 0.3) is 0 Å². The Bertz CT molecular complexity index is 418. The van der Waals surface area contributed by atoms with Crippen molar-refractivity contribution in [2.75, 3.05) is 7.11 Å². The number of hydrogen-bond acceptors (Lipinski definition) is 3. The van der Waals surface area contributed by atoms with Gasteiger partial charge >= 0.3 is 0 Å². The molecule has 0 saturated heterocycles. The molecule has 2 unspecified atom stereocenters. The van der Waals surface area contributed by atoms with Crippen LogP contribution in [0, 0.1) is 5.41 Å². The first-order valence-corrected chi connectivity index (χ1v) is 6.89. The molecule has 0 spiro atoms. The minimum Gasteiger partial charge on any atom is -0.373 e. The highest BCUT2D eigenvalue weighted by Gasteiger charge is 2.31. The number of methoxy groups -OCH3 is 1. The lowest BCUT2D eigenvalue weighted by Gasteiger charge is -2.27. The smallest absolute Gasteiger partial charge is 0.168 e. The Kier molecular flexibility index (Phi) is 5.29. The van der Waals surface area contributed by atoms with Gasteiger partial charge in [0.15, 0.2) is 5.78 Å². The van der Waals surface area contributed by atoms with Gasteiger partial charge < -0.3 is 4.74 Å². The molecule has 1 heterocycles. The molecule has 0 saturated carbocycles. The van der Waals surface area contributed by atoms with Gasteiger partial charge in [0.05, 0.1) is 12.1 Å². The third kappa shape index (κ3) is 4.16. The summed E-state index contributed by atoms with van der Waals surface area (Å²) in [7, 11) is 1.59. The Morgan fingerprint density at radius 3 is 2.58 bits per heavy atom. The lowest BCUT2D eigenvalue weighted by molar-refractivity contribution is -0.134. The van der Waals surface area contributed by atoms with Crippen LogP contribution in [-0.4, -0.2) is 28.8 Å². The van der Waals surface area contributed by atoms with Crippen LogP contribution in [0.4, 0.5) is 0 Å². The summed E-state index contributed by atoms with van der Waals surface area (Å²) in [4.78, 5) is 12.3. The first-order chi connectivity index (χ1) is 8.79. The van der Waals surface area contributed by atoms with Gasteiger partial charge in [-0.15, -0.1) is 0 Å². The van der Waals surface area contributed by atoms with Crippen molar-refractivity contribution >= 4 is 5.78 Å². The molecule has 1 aromatic heterocycles. The number of rotatable bonds is 6. The van der Waals surface area contributed by atoms with E-state index in [9.17, 15) is 4.79 Å². The van der Waals surface area contributed by atoms with E-state index in [4.69, 9.17) is 4.74 Å². The predicted octanol–water partition coefficient (Wildman–Crippen LogP) is 3.03. The predicted molar refractivity (Wildman–Crippen MR) is 76.2 cm³/mol. The third-order valence-corrected chi connectivity index (χ3v) is 3.38. The molecule has 0 fully saturated rings. The van der Waals surface area contributed by atoms with Crippen LogP contribution in [0.15, 0.2) is 12.3 Å². The number of ketones is 1. The Hall–Kier alpha value is -1.16. The Morgan fingerprint density at radius 2 is 2.11 bits per heavy atom. The van der Waals surface area contributed by atoms with Crippen molar-refractivity contribution in [1.29, 1.82) is 0 Å². The summed E-state index contributed by atoms with van der Waals surface area (Å²) in [5.74, 6) is 0.0874. The molecule has 0 aromatic carbocycles. The third-order valence-electron chi connectivity index (χ3n) is 3.38. The molecule has 1 rings (SSSR count). The average molecular weight is 266 g/mol. The van der Waals surface area contributed by atoms with Crippen molar-refractivity contribution in [3.8, 4) is 0 Å². The van der Waals surface area contributed by atoms with E-state index >= 15 is 0 Å². The van der Waals surface area contributed by atoms with Crippen LogP contribution in [0.5, 0.6) is 0 Å². The van der Waals surface area contributed by atoms with Crippen molar-refractivity contribution < 1.29 is 9.53 Å². The summed E-state index contributed by atoms with van der Waals surface area (Å²) in [5.41, 5.74) is 0.627. The molecule has 108 valence electrons. The quantitative estimate of drug-likeness (QED) is 0.795. The van der Waals surface area contributed by atoms with Gasteiger partial charge in [-0.2, -0.15) is 5.10 Å². The van der Waals surface area contributed by atoms with Gasteiger partial charge in [0.2, 0.25) is 0 Å². The molecular formula is C15H26N2O2. The van der Waals surface area contributed by atoms with Crippen molar-refractivity contribution in [3.05, 3.63) is 18.0 Å². The highest BCUT2D eigenvalue weighted by molar-refractivity contribution is 5.85. The SMILES string of the molecule is CCC(C)n1ccc(CC(=O)C(OC)C(C)(C)C)n1. The molecule has 0 aliphatic rings. The topological polar surface area (TPSA) is 44.1 Å². The molecule has 0 amide bonds. The number of nitrogens with zero attached hydrogens (tertiary/aromatic N) is 2. The van der Waals surface area contributed by atoms with Gasteiger partial charge in [0.1, 0.15) is 6.10 Å². The summed E-state index contributed by atoms with van der Waals surface area (Å²) >= 11 is 0. The Morgan fingerprint density at radius 1 is 1.47 bits per heavy atom. The highest BCUT2D eigenvalue weighted by atomic mass is 16.5. The van der Waals surface area contributed by atoms with Crippen LogP contribution in [0.2, 0.25) is 0 Å². The normalized spacial score (nSPS) is 15.3. The maximum atomic E-state index is 12.3. The lowest BCUT2D eigenvalue weighted by Crippen LogP contribution is -2.37. The first kappa shape index (κ1) is 15.9. The summed E-state index contributed by atoms with van der Waals surface area (Å²) in [6.07, 6.45) is 2.91. The van der Waals surface area contributed by atoms with Gasteiger partial charge in [-0.25, -0.2) is 0 Å². The number of carbonyl (C=O) groups excluding carboxylic acids is 1. The monoisotopic (exact) mass is 266 g/mol. The van der Waals surface area contributed by atoms with Crippen molar-refractivity contribution in [3.63, 3.8) is 0 Å². The first-order valence-electron chi connectivity index (χ1n) is 6.89. The van der Waals surface area contributed by atoms with Gasteiger partial charge in [0, 0.05) is 19.3 Å². The van der Waals surface area contributed by atoms with E-state index in [1.807, 2.05) is 37.7 Å². The molecule has 0 aliphatic carbocycles. The average Bonchev–Trinajstić information content (AvgIpc) is 2.75. The molecule has 0 aliphatic heterocycles. The van der Waals surface area contributed by atoms with Crippen molar-refractivity contribution in [2.24, 2.45) is 5.41 Å². The van der Waals surface area contributed by atoms with E-state index in [1.165, 1.54) is 0 Å². The zero-order chi connectivity index (χ0) is 14.6. The standard InChI is InChI=1S/C15H26N2O2/c1-7-11(2)17-9-8-12(16-17)10-13(18)14(19-6)15(3,4)5/h8-9,11,14H,7,10H2,1-6H3. The number of Topliss-reactive ketones (excluding diaryl/α,β-unsaturated/α-hetero) is 1. The Labute approximate surface area is 116 Å². The number of aromatic nitrogens is 2. The zero-order valence-corrected chi connectivity index (χ0v) is 12.9. The van der Waals surface area contributed by atoms with Crippen LogP contribution in [0.25, 0.3) is 0 Å². The van der Waals surface area contributed by atoms with Crippen molar-refractivity contribution in [2.45, 2.75) is 59.6 Å². The molecule has 4 heteroatoms. The van der Waals surface area contributed by atoms with E-state index in [1.54, 1.807) is 7.11 Å². The van der Waals surface area contributed by atoms with E-state index in [-0.39, 0.29) is 17.3 Å². The van der Waals surface area contributed by atoms with E-state index < -0.39 is 0 Å². The second kappa shape index (κ2) is 6.33. The summed E-state index contributed by atoms with van der Waals surface area (Å²) in [6, 6.07) is 2.28. The van der Waals surface area contributed by atoms with E-state index in [0.29, 0.717) is 12.5 Å². The maximum absolute atomic E-state index is 12.3. The van der Waals surface area contributed by atoms with E-state index in [0.717, 1.165) is 12.1 Å². The fourth-order valence-corrected chi connectivity index (χ4v) is 2.14. The molecule has 4 nitrogen and oxygen atoms in total. The molecule has 0 radical (unpaired) electrons. The molecule has 0 bridgehead atoms. The number of ether oxygens (including phenoxy) is 1. The van der Waals surface area contributed by atoms with Crippen LogP contribution >= 0.6 is 0 Å². The summed E-state index contributed by atoms with van der Waals surface area (Å²) in [6.45, 7) is 10.3. The largest absolute Gasteiger partial charge is 0.373 e. The second-order valence-electron chi connectivity index (χ2n) is 6.17. The zero-order valence-electron chi connectivity index (χ0n) is 12.9. The van der Waals surface area contributed by atoms with Crippen LogP contribution < -0.4 is 0 Å². The van der Waals surface area contributed by atoms with Gasteiger partial charge in [-0.3, -0.25) is 9.48 Å². The molecule has 19 heavy (non-hydrogen) atoms. The molecule has 0 N–H and O–H groups in total. The van der Waals surface area contributed by atoms with E-state index in [2.05, 4.69) is 18.9 Å². The van der Waals surface area contributed by atoms with Gasteiger partial charge in [-0.1, -0.05) is 27.7 Å². The lowest BCUT2D eigenvalue weighted by atomic mass is 9.85. The van der Waals surface area contributed by atoms with Crippen LogP contribution in [-0.2, 0) is 16.0 Å².